The van der Waals surface area contributed by atoms with Crippen LogP contribution in [0.3, 0.4) is 0 Å². The van der Waals surface area contributed by atoms with E-state index in [-0.39, 0.29) is 23.4 Å². The molecule has 1 saturated heterocycles. The monoisotopic (exact) mass is 313 g/mol. The number of carbonyl (C=O) groups is 2. The summed E-state index contributed by atoms with van der Waals surface area (Å²) >= 11 is 1.21. The molecule has 0 bridgehead atoms. The Hall–Kier alpha value is -1.67. The van der Waals surface area contributed by atoms with Crippen LogP contribution in [-0.2, 0) is 4.74 Å². The van der Waals surface area contributed by atoms with Crippen LogP contribution in [0.1, 0.15) is 48.2 Å². The molecule has 0 radical (unpaired) electrons. The van der Waals surface area contributed by atoms with Gasteiger partial charge >= 0.3 is 12.0 Å². The van der Waals surface area contributed by atoms with Crippen molar-refractivity contribution >= 4 is 23.3 Å². The average molecular weight is 313 g/mol. The van der Waals surface area contributed by atoms with Crippen LogP contribution in [0.2, 0.25) is 0 Å². The van der Waals surface area contributed by atoms with Gasteiger partial charge in [0.2, 0.25) is 0 Å². The summed E-state index contributed by atoms with van der Waals surface area (Å²) in [5.41, 5.74) is -0.297. The Balaban J connectivity index is 1.82. The molecule has 0 aromatic carbocycles. The van der Waals surface area contributed by atoms with Gasteiger partial charge in [-0.15, -0.1) is 11.3 Å². The quantitative estimate of drug-likeness (QED) is 0.769. The van der Waals surface area contributed by atoms with Gasteiger partial charge in [-0.25, -0.2) is 14.6 Å². The highest BCUT2D eigenvalue weighted by Gasteiger charge is 2.30. The first-order valence-electron chi connectivity index (χ1n) is 6.77. The third-order valence-corrected chi connectivity index (χ3v) is 4.41. The molecule has 1 aliphatic rings. The molecule has 2 heterocycles. The smallest absolute Gasteiger partial charge is 0.355 e. The van der Waals surface area contributed by atoms with Crippen LogP contribution in [0.25, 0.3) is 0 Å². The molecule has 0 spiro atoms. The van der Waals surface area contributed by atoms with Gasteiger partial charge in [0, 0.05) is 18.5 Å². The molecule has 0 aliphatic carbocycles. The molecule has 1 aromatic heterocycles. The van der Waals surface area contributed by atoms with Crippen LogP contribution in [-0.4, -0.2) is 40.8 Å². The van der Waals surface area contributed by atoms with E-state index in [2.05, 4.69) is 15.6 Å². The summed E-state index contributed by atoms with van der Waals surface area (Å²) in [5, 5.41) is 16.4. The lowest BCUT2D eigenvalue weighted by Gasteiger charge is -2.24. The highest BCUT2D eigenvalue weighted by atomic mass is 32.1. The van der Waals surface area contributed by atoms with Gasteiger partial charge < -0.3 is 20.5 Å². The molecule has 2 amide bonds. The molecule has 7 nitrogen and oxygen atoms in total. The lowest BCUT2D eigenvalue weighted by molar-refractivity contribution is 0.0228. The van der Waals surface area contributed by atoms with Gasteiger partial charge in [0.25, 0.3) is 0 Å². The number of hydrogen-bond acceptors (Lipinski definition) is 5. The number of rotatable bonds is 5. The van der Waals surface area contributed by atoms with Crippen LogP contribution in [0, 0.1) is 0 Å². The molecule has 2 unspecified atom stereocenters. The highest BCUT2D eigenvalue weighted by molar-refractivity contribution is 7.09. The van der Waals surface area contributed by atoms with E-state index in [4.69, 9.17) is 9.84 Å². The Morgan fingerprint density at radius 2 is 2.38 bits per heavy atom. The summed E-state index contributed by atoms with van der Waals surface area (Å²) in [6, 6.07) is -0.660. The molecular weight excluding hydrogens is 294 g/mol. The fraction of sp³-hybridized carbons (Fsp3) is 0.615. The van der Waals surface area contributed by atoms with Crippen molar-refractivity contribution in [3.8, 4) is 0 Å². The van der Waals surface area contributed by atoms with Gasteiger partial charge in [-0.05, 0) is 26.7 Å². The first kappa shape index (κ1) is 15.7. The molecule has 21 heavy (non-hydrogen) atoms. The number of carboxylic acid groups (broad SMARTS) is 1. The predicted molar refractivity (Wildman–Crippen MR) is 77.6 cm³/mol. The van der Waals surface area contributed by atoms with Crippen LogP contribution >= 0.6 is 11.3 Å². The number of nitrogens with one attached hydrogen (secondary N) is 2. The minimum absolute atomic E-state index is 0.00377. The zero-order valence-electron chi connectivity index (χ0n) is 12.0. The SMILES string of the molecule is CC(NC(=O)NCC1(C)CCCO1)c1nc(C(=O)O)cs1. The van der Waals surface area contributed by atoms with E-state index in [9.17, 15) is 9.59 Å². The molecule has 0 saturated carbocycles. The number of aromatic carboxylic acids is 1. The molecule has 1 aliphatic heterocycles. The van der Waals surface area contributed by atoms with E-state index in [1.54, 1.807) is 6.92 Å². The Kier molecular flexibility index (Phi) is 4.79. The topological polar surface area (TPSA) is 101 Å². The van der Waals surface area contributed by atoms with Crippen molar-refractivity contribution < 1.29 is 19.4 Å². The highest BCUT2D eigenvalue weighted by Crippen LogP contribution is 2.24. The largest absolute Gasteiger partial charge is 0.476 e. The van der Waals surface area contributed by atoms with Crippen molar-refractivity contribution in [2.45, 2.75) is 38.3 Å². The number of nitrogens with zero attached hydrogens (tertiary/aromatic N) is 1. The van der Waals surface area contributed by atoms with Crippen LogP contribution in [0.4, 0.5) is 4.79 Å². The molecule has 116 valence electrons. The first-order chi connectivity index (χ1) is 9.89. The number of aromatic nitrogens is 1. The first-order valence-corrected chi connectivity index (χ1v) is 7.65. The molecule has 2 atom stereocenters. The maximum absolute atomic E-state index is 11.8. The van der Waals surface area contributed by atoms with Crippen molar-refractivity contribution in [3.63, 3.8) is 0 Å². The third kappa shape index (κ3) is 4.15. The van der Waals surface area contributed by atoms with Gasteiger partial charge in [-0.1, -0.05) is 0 Å². The zero-order valence-corrected chi connectivity index (χ0v) is 12.8. The third-order valence-electron chi connectivity index (χ3n) is 3.38. The van der Waals surface area contributed by atoms with Crippen molar-refractivity contribution in [1.82, 2.24) is 15.6 Å². The van der Waals surface area contributed by atoms with E-state index in [0.29, 0.717) is 11.6 Å². The van der Waals surface area contributed by atoms with Gasteiger partial charge in [0.05, 0.1) is 11.6 Å². The molecule has 3 N–H and O–H groups in total. The Morgan fingerprint density at radius 1 is 1.62 bits per heavy atom. The molecular formula is C13H19N3O4S. The summed E-state index contributed by atoms with van der Waals surface area (Å²) in [5.74, 6) is -1.07. The Bertz CT molecular complexity index is 525. The van der Waals surface area contributed by atoms with Gasteiger partial charge in [0.1, 0.15) is 5.01 Å². The maximum atomic E-state index is 11.8. The van der Waals surface area contributed by atoms with Crippen LogP contribution in [0.5, 0.6) is 0 Å². The second-order valence-corrected chi connectivity index (χ2v) is 6.22. The van der Waals surface area contributed by atoms with Crippen LogP contribution in [0.15, 0.2) is 5.38 Å². The summed E-state index contributed by atoms with van der Waals surface area (Å²) in [6.45, 7) is 4.92. The van der Waals surface area contributed by atoms with Crippen molar-refractivity contribution in [1.29, 1.82) is 0 Å². The molecule has 8 heteroatoms. The van der Waals surface area contributed by atoms with E-state index in [1.165, 1.54) is 16.7 Å². The number of urea groups is 1. The van der Waals surface area contributed by atoms with Gasteiger partial charge in [0.15, 0.2) is 5.69 Å². The number of carbonyl (C=O) groups excluding carboxylic acids is 1. The Labute approximate surface area is 126 Å². The molecule has 1 aromatic rings. The second-order valence-electron chi connectivity index (χ2n) is 5.33. The fourth-order valence-electron chi connectivity index (χ4n) is 2.14. The van der Waals surface area contributed by atoms with E-state index >= 15 is 0 Å². The number of thiazole rings is 1. The zero-order chi connectivity index (χ0) is 15.5. The lowest BCUT2D eigenvalue weighted by atomic mass is 10.0. The van der Waals surface area contributed by atoms with Crippen molar-refractivity contribution in [3.05, 3.63) is 16.1 Å². The minimum atomic E-state index is -1.07. The Morgan fingerprint density at radius 3 is 2.95 bits per heavy atom. The van der Waals surface area contributed by atoms with E-state index in [0.717, 1.165) is 19.4 Å². The standard InChI is InChI=1S/C13H19N3O4S/c1-8(10-16-9(6-21-10)11(17)18)15-12(19)14-7-13(2)4-3-5-20-13/h6,8H,3-5,7H2,1-2H3,(H,17,18)(H2,14,15,19). The molecule has 2 rings (SSSR count). The van der Waals surface area contributed by atoms with Crippen LogP contribution < -0.4 is 10.6 Å². The lowest BCUT2D eigenvalue weighted by Crippen LogP contribution is -2.45. The molecule has 1 fully saturated rings. The summed E-state index contributed by atoms with van der Waals surface area (Å²) in [6.07, 6.45) is 1.94. The van der Waals surface area contributed by atoms with E-state index < -0.39 is 5.97 Å². The summed E-state index contributed by atoms with van der Waals surface area (Å²) < 4.78 is 5.59. The summed E-state index contributed by atoms with van der Waals surface area (Å²) in [4.78, 5) is 26.6. The van der Waals surface area contributed by atoms with Crippen molar-refractivity contribution in [2.75, 3.05) is 13.2 Å². The number of amides is 2. The number of carboxylic acids is 1. The van der Waals surface area contributed by atoms with Crippen molar-refractivity contribution in [2.24, 2.45) is 0 Å². The number of ether oxygens (including phenoxy) is 1. The second kappa shape index (κ2) is 6.40. The van der Waals surface area contributed by atoms with Gasteiger partial charge in [-0.2, -0.15) is 0 Å². The summed E-state index contributed by atoms with van der Waals surface area (Å²) in [7, 11) is 0. The number of hydrogen-bond donors (Lipinski definition) is 3. The maximum Gasteiger partial charge on any atom is 0.355 e. The normalized spacial score (nSPS) is 22.8. The average Bonchev–Trinajstić information content (AvgIpc) is 3.06. The van der Waals surface area contributed by atoms with Gasteiger partial charge in [-0.3, -0.25) is 0 Å². The fourth-order valence-corrected chi connectivity index (χ4v) is 2.94. The predicted octanol–water partition coefficient (Wildman–Crippen LogP) is 1.77. The van der Waals surface area contributed by atoms with E-state index in [1.807, 2.05) is 6.92 Å². The minimum Gasteiger partial charge on any atom is -0.476 e.